The number of carbonyl (C=O) groups excluding carboxylic acids is 1. The number of benzene rings is 1. The van der Waals surface area contributed by atoms with Crippen LogP contribution in [0.3, 0.4) is 0 Å². The fourth-order valence-corrected chi connectivity index (χ4v) is 3.40. The molecule has 0 aliphatic heterocycles. The molecule has 3 rings (SSSR count). The van der Waals surface area contributed by atoms with E-state index in [4.69, 9.17) is 0 Å². The highest BCUT2D eigenvalue weighted by Crippen LogP contribution is 2.27. The Hall–Kier alpha value is -3.02. The zero-order valence-corrected chi connectivity index (χ0v) is 17.2. The molecule has 0 saturated carbocycles. The van der Waals surface area contributed by atoms with Gasteiger partial charge in [-0.1, -0.05) is 30.3 Å². The first-order valence-corrected chi connectivity index (χ1v) is 9.64. The first-order chi connectivity index (χ1) is 13.4. The molecular formula is C22H27N5O. The van der Waals surface area contributed by atoms with E-state index in [0.29, 0.717) is 12.2 Å². The predicted octanol–water partition coefficient (Wildman–Crippen LogP) is 3.76. The van der Waals surface area contributed by atoms with Gasteiger partial charge in [0, 0.05) is 32.4 Å². The molecule has 2 aromatic heterocycles. The van der Waals surface area contributed by atoms with E-state index >= 15 is 0 Å². The number of amides is 1. The maximum absolute atomic E-state index is 13.1. The molecule has 28 heavy (non-hydrogen) atoms. The number of rotatable bonds is 6. The van der Waals surface area contributed by atoms with Gasteiger partial charge in [0.15, 0.2) is 5.65 Å². The SMILES string of the molecule is CCN(CC)c1nc(C(=O)N(C)Cc2ccccc2)nc2nc(C)cc(C)c12. The number of carbonyl (C=O) groups is 1. The molecule has 0 atom stereocenters. The monoisotopic (exact) mass is 377 g/mol. The van der Waals surface area contributed by atoms with Gasteiger partial charge in [-0.25, -0.2) is 15.0 Å². The number of aromatic nitrogens is 3. The van der Waals surface area contributed by atoms with Gasteiger partial charge >= 0.3 is 0 Å². The molecule has 0 aliphatic carbocycles. The van der Waals surface area contributed by atoms with Crippen LogP contribution in [-0.4, -0.2) is 45.9 Å². The van der Waals surface area contributed by atoms with Crippen LogP contribution in [0.25, 0.3) is 11.0 Å². The molecule has 0 fully saturated rings. The average molecular weight is 377 g/mol. The van der Waals surface area contributed by atoms with Crippen molar-refractivity contribution in [3.63, 3.8) is 0 Å². The minimum absolute atomic E-state index is 0.185. The lowest BCUT2D eigenvalue weighted by atomic mass is 10.1. The van der Waals surface area contributed by atoms with Crippen LogP contribution in [0, 0.1) is 13.8 Å². The first-order valence-electron chi connectivity index (χ1n) is 9.64. The van der Waals surface area contributed by atoms with Crippen LogP contribution in [0.15, 0.2) is 36.4 Å². The summed E-state index contributed by atoms with van der Waals surface area (Å²) in [6.45, 7) is 10.2. The topological polar surface area (TPSA) is 62.2 Å². The Morgan fingerprint density at radius 3 is 2.32 bits per heavy atom. The lowest BCUT2D eigenvalue weighted by molar-refractivity contribution is 0.0773. The molecular weight excluding hydrogens is 350 g/mol. The van der Waals surface area contributed by atoms with E-state index < -0.39 is 0 Å². The molecule has 0 unspecified atom stereocenters. The van der Waals surface area contributed by atoms with E-state index in [1.54, 1.807) is 11.9 Å². The fourth-order valence-electron chi connectivity index (χ4n) is 3.40. The largest absolute Gasteiger partial charge is 0.356 e. The Morgan fingerprint density at radius 2 is 1.68 bits per heavy atom. The maximum Gasteiger partial charge on any atom is 0.291 e. The predicted molar refractivity (Wildman–Crippen MR) is 113 cm³/mol. The molecule has 0 aliphatic rings. The van der Waals surface area contributed by atoms with Crippen molar-refractivity contribution in [2.75, 3.05) is 25.0 Å². The van der Waals surface area contributed by atoms with Crippen LogP contribution >= 0.6 is 0 Å². The van der Waals surface area contributed by atoms with Gasteiger partial charge in [-0.15, -0.1) is 0 Å². The van der Waals surface area contributed by atoms with Crippen LogP contribution < -0.4 is 4.90 Å². The van der Waals surface area contributed by atoms with Gasteiger partial charge in [-0.3, -0.25) is 4.79 Å². The van der Waals surface area contributed by atoms with Gasteiger partial charge in [0.1, 0.15) is 5.82 Å². The molecule has 6 nitrogen and oxygen atoms in total. The molecule has 1 aromatic carbocycles. The third-order valence-corrected chi connectivity index (χ3v) is 4.84. The van der Waals surface area contributed by atoms with Crippen molar-refractivity contribution < 1.29 is 4.79 Å². The van der Waals surface area contributed by atoms with E-state index in [9.17, 15) is 4.79 Å². The zero-order chi connectivity index (χ0) is 20.3. The molecule has 3 aromatic rings. The smallest absolute Gasteiger partial charge is 0.291 e. The second-order valence-corrected chi connectivity index (χ2v) is 6.97. The maximum atomic E-state index is 13.1. The standard InChI is InChI=1S/C22H27N5O/c1-6-27(7-2)21-18-15(3)13-16(4)23-19(18)24-20(25-21)22(28)26(5)14-17-11-9-8-10-12-17/h8-13H,6-7,14H2,1-5H3. The van der Waals surface area contributed by atoms with Gasteiger partial charge in [0.05, 0.1) is 5.39 Å². The van der Waals surface area contributed by atoms with Gasteiger partial charge in [0.2, 0.25) is 5.82 Å². The van der Waals surface area contributed by atoms with Crippen molar-refractivity contribution in [2.24, 2.45) is 0 Å². The molecule has 0 radical (unpaired) electrons. The van der Waals surface area contributed by atoms with Gasteiger partial charge in [-0.2, -0.15) is 0 Å². The molecule has 0 saturated heterocycles. The van der Waals surface area contributed by atoms with Crippen LogP contribution in [0.1, 0.15) is 41.3 Å². The van der Waals surface area contributed by atoms with Gasteiger partial charge in [-0.05, 0) is 44.9 Å². The van der Waals surface area contributed by atoms with Crippen molar-refractivity contribution in [3.8, 4) is 0 Å². The third-order valence-electron chi connectivity index (χ3n) is 4.84. The van der Waals surface area contributed by atoms with Crippen LogP contribution in [-0.2, 0) is 6.54 Å². The average Bonchev–Trinajstić information content (AvgIpc) is 2.68. The van der Waals surface area contributed by atoms with Crippen LogP contribution in [0.4, 0.5) is 5.82 Å². The molecule has 0 N–H and O–H groups in total. The molecule has 0 spiro atoms. The number of anilines is 1. The fraction of sp³-hybridized carbons (Fsp3) is 0.364. The molecule has 0 bridgehead atoms. The van der Waals surface area contributed by atoms with Gasteiger partial charge < -0.3 is 9.80 Å². The highest BCUT2D eigenvalue weighted by atomic mass is 16.2. The van der Waals surface area contributed by atoms with E-state index in [1.807, 2.05) is 50.2 Å². The minimum Gasteiger partial charge on any atom is -0.356 e. The summed E-state index contributed by atoms with van der Waals surface area (Å²) in [5.74, 6) is 0.752. The van der Waals surface area contributed by atoms with Crippen molar-refractivity contribution >= 4 is 22.8 Å². The Bertz CT molecular complexity index is 983. The van der Waals surface area contributed by atoms with E-state index in [0.717, 1.165) is 41.1 Å². The second-order valence-electron chi connectivity index (χ2n) is 6.97. The highest BCUT2D eigenvalue weighted by molar-refractivity contribution is 5.96. The quantitative estimate of drug-likeness (QED) is 0.654. The summed E-state index contributed by atoms with van der Waals surface area (Å²) in [6, 6.07) is 11.9. The van der Waals surface area contributed by atoms with Crippen molar-refractivity contribution in [1.82, 2.24) is 19.9 Å². The van der Waals surface area contributed by atoms with E-state index in [2.05, 4.69) is 33.7 Å². The number of hydrogen-bond acceptors (Lipinski definition) is 5. The van der Waals surface area contributed by atoms with E-state index in [-0.39, 0.29) is 11.7 Å². The number of fused-ring (bicyclic) bond motifs is 1. The summed E-state index contributed by atoms with van der Waals surface area (Å²) in [5.41, 5.74) is 3.59. The summed E-state index contributed by atoms with van der Waals surface area (Å²) in [5, 5.41) is 0.913. The Balaban J connectivity index is 2.06. The summed E-state index contributed by atoms with van der Waals surface area (Å²) in [7, 11) is 1.77. The summed E-state index contributed by atoms with van der Waals surface area (Å²) in [6.07, 6.45) is 0. The molecule has 6 heteroatoms. The van der Waals surface area contributed by atoms with Crippen molar-refractivity contribution in [1.29, 1.82) is 0 Å². The lowest BCUT2D eigenvalue weighted by Gasteiger charge is -2.23. The summed E-state index contributed by atoms with van der Waals surface area (Å²) >= 11 is 0. The summed E-state index contributed by atoms with van der Waals surface area (Å²) in [4.78, 5) is 30.7. The molecule has 2 heterocycles. The Morgan fingerprint density at radius 1 is 1.00 bits per heavy atom. The van der Waals surface area contributed by atoms with E-state index in [1.165, 1.54) is 0 Å². The molecule has 146 valence electrons. The second kappa shape index (κ2) is 8.33. The van der Waals surface area contributed by atoms with Gasteiger partial charge in [0.25, 0.3) is 5.91 Å². The summed E-state index contributed by atoms with van der Waals surface area (Å²) < 4.78 is 0. The number of hydrogen-bond donors (Lipinski definition) is 0. The number of aryl methyl sites for hydroxylation is 2. The van der Waals surface area contributed by atoms with Crippen molar-refractivity contribution in [3.05, 3.63) is 59.0 Å². The molecule has 1 amide bonds. The first kappa shape index (κ1) is 19.7. The zero-order valence-electron chi connectivity index (χ0n) is 17.2. The minimum atomic E-state index is -0.208. The normalized spacial score (nSPS) is 10.9. The third kappa shape index (κ3) is 3.96. The number of nitrogens with zero attached hydrogens (tertiary/aromatic N) is 5. The van der Waals surface area contributed by atoms with Crippen LogP contribution in [0.5, 0.6) is 0 Å². The van der Waals surface area contributed by atoms with Crippen molar-refractivity contribution in [2.45, 2.75) is 34.2 Å². The lowest BCUT2D eigenvalue weighted by Crippen LogP contribution is -2.30. The highest BCUT2D eigenvalue weighted by Gasteiger charge is 2.21. The number of pyridine rings is 1. The Labute approximate surface area is 166 Å². The Kier molecular flexibility index (Phi) is 5.87. The van der Waals surface area contributed by atoms with Crippen LogP contribution in [0.2, 0.25) is 0 Å².